The highest BCUT2D eigenvalue weighted by molar-refractivity contribution is 5.09. The number of aromatic nitrogens is 1. The van der Waals surface area contributed by atoms with Crippen LogP contribution in [0.3, 0.4) is 0 Å². The van der Waals surface area contributed by atoms with Gasteiger partial charge < -0.3 is 10.4 Å². The van der Waals surface area contributed by atoms with E-state index in [1.54, 1.807) is 0 Å². The van der Waals surface area contributed by atoms with Gasteiger partial charge >= 0.3 is 0 Å². The second-order valence-electron chi connectivity index (χ2n) is 4.45. The fourth-order valence-corrected chi connectivity index (χ4v) is 2.03. The molecule has 3 nitrogen and oxygen atoms in total. The maximum Gasteiger partial charge on any atom is 0.0692 e. The van der Waals surface area contributed by atoms with Crippen molar-refractivity contribution in [2.24, 2.45) is 5.92 Å². The Morgan fingerprint density at radius 2 is 1.88 bits per heavy atom. The molecule has 2 N–H and O–H groups in total. The second-order valence-corrected chi connectivity index (χ2v) is 4.45. The van der Waals surface area contributed by atoms with Crippen LogP contribution in [-0.4, -0.2) is 29.3 Å². The quantitative estimate of drug-likeness (QED) is 0.679. The van der Waals surface area contributed by atoms with Crippen molar-refractivity contribution in [3.8, 4) is 0 Å². The standard InChI is InChI=1S/C14H24N2O/c1-3-13(4-2)14(17)11-16-10-7-12-5-8-15-9-6-12/h5-6,8-9,13-14,16-17H,3-4,7,10-11H2,1-2H3. The Hall–Kier alpha value is -0.930. The average Bonchev–Trinajstić information content (AvgIpc) is 2.37. The topological polar surface area (TPSA) is 45.1 Å². The summed E-state index contributed by atoms with van der Waals surface area (Å²) in [6, 6.07) is 4.05. The summed E-state index contributed by atoms with van der Waals surface area (Å²) in [5, 5.41) is 13.2. The monoisotopic (exact) mass is 236 g/mol. The highest BCUT2D eigenvalue weighted by Crippen LogP contribution is 2.12. The Morgan fingerprint density at radius 3 is 2.47 bits per heavy atom. The minimum Gasteiger partial charge on any atom is -0.392 e. The van der Waals surface area contributed by atoms with Gasteiger partial charge in [-0.25, -0.2) is 0 Å². The molecule has 0 saturated heterocycles. The summed E-state index contributed by atoms with van der Waals surface area (Å²) in [6.07, 6.45) is 6.48. The van der Waals surface area contributed by atoms with Crippen molar-refractivity contribution < 1.29 is 5.11 Å². The first-order valence-electron chi connectivity index (χ1n) is 6.55. The van der Waals surface area contributed by atoms with Crippen LogP contribution in [0.5, 0.6) is 0 Å². The van der Waals surface area contributed by atoms with E-state index in [1.807, 2.05) is 24.5 Å². The summed E-state index contributed by atoms with van der Waals surface area (Å²) in [7, 11) is 0. The molecule has 0 fully saturated rings. The van der Waals surface area contributed by atoms with Crippen molar-refractivity contribution in [3.63, 3.8) is 0 Å². The Balaban J connectivity index is 2.16. The smallest absolute Gasteiger partial charge is 0.0692 e. The van der Waals surface area contributed by atoms with E-state index < -0.39 is 0 Å². The number of aliphatic hydroxyl groups is 1. The van der Waals surface area contributed by atoms with Gasteiger partial charge in [-0.2, -0.15) is 0 Å². The molecule has 1 heterocycles. The molecule has 1 aromatic rings. The van der Waals surface area contributed by atoms with Crippen LogP contribution in [0.1, 0.15) is 32.3 Å². The number of nitrogens with one attached hydrogen (secondary N) is 1. The number of hydrogen-bond acceptors (Lipinski definition) is 3. The molecule has 0 bridgehead atoms. The van der Waals surface area contributed by atoms with E-state index in [4.69, 9.17) is 0 Å². The number of hydrogen-bond donors (Lipinski definition) is 2. The van der Waals surface area contributed by atoms with Gasteiger partial charge in [0.05, 0.1) is 6.10 Å². The summed E-state index contributed by atoms with van der Waals surface area (Å²) in [4.78, 5) is 3.99. The molecular weight excluding hydrogens is 212 g/mol. The van der Waals surface area contributed by atoms with Gasteiger partial charge in [0.1, 0.15) is 0 Å². The SMILES string of the molecule is CCC(CC)C(O)CNCCc1ccncc1. The van der Waals surface area contributed by atoms with E-state index >= 15 is 0 Å². The third kappa shape index (κ3) is 5.29. The lowest BCUT2D eigenvalue weighted by molar-refractivity contribution is 0.102. The van der Waals surface area contributed by atoms with Gasteiger partial charge in [0.25, 0.3) is 0 Å². The first-order valence-corrected chi connectivity index (χ1v) is 6.55. The number of nitrogens with zero attached hydrogens (tertiary/aromatic N) is 1. The number of pyridine rings is 1. The molecule has 3 heteroatoms. The Kier molecular flexibility index (Phi) is 6.82. The van der Waals surface area contributed by atoms with Crippen LogP contribution in [-0.2, 0) is 6.42 Å². The predicted octanol–water partition coefficient (Wildman–Crippen LogP) is 2.01. The van der Waals surface area contributed by atoms with Gasteiger partial charge in [-0.3, -0.25) is 4.98 Å². The van der Waals surface area contributed by atoms with Crippen LogP contribution in [0.15, 0.2) is 24.5 Å². The third-order valence-corrected chi connectivity index (χ3v) is 3.29. The van der Waals surface area contributed by atoms with Gasteiger partial charge in [-0.1, -0.05) is 26.7 Å². The van der Waals surface area contributed by atoms with Crippen LogP contribution in [0.4, 0.5) is 0 Å². The van der Waals surface area contributed by atoms with E-state index in [-0.39, 0.29) is 6.10 Å². The molecule has 1 aromatic heterocycles. The zero-order valence-electron chi connectivity index (χ0n) is 10.9. The second kappa shape index (κ2) is 8.20. The molecule has 1 atom stereocenters. The largest absolute Gasteiger partial charge is 0.392 e. The van der Waals surface area contributed by atoms with Crippen molar-refractivity contribution in [3.05, 3.63) is 30.1 Å². The highest BCUT2D eigenvalue weighted by atomic mass is 16.3. The summed E-state index contributed by atoms with van der Waals surface area (Å²) in [6.45, 7) is 5.86. The highest BCUT2D eigenvalue weighted by Gasteiger charge is 2.14. The lowest BCUT2D eigenvalue weighted by Crippen LogP contribution is -2.33. The fourth-order valence-electron chi connectivity index (χ4n) is 2.03. The molecule has 0 aliphatic carbocycles. The zero-order chi connectivity index (χ0) is 12.5. The maximum absolute atomic E-state index is 9.93. The molecule has 0 spiro atoms. The van der Waals surface area contributed by atoms with Crippen molar-refractivity contribution in [1.82, 2.24) is 10.3 Å². The van der Waals surface area contributed by atoms with E-state index in [1.165, 1.54) is 5.56 Å². The number of aliphatic hydroxyl groups excluding tert-OH is 1. The molecule has 0 aliphatic rings. The van der Waals surface area contributed by atoms with Gasteiger partial charge in [0, 0.05) is 18.9 Å². The minimum absolute atomic E-state index is 0.220. The summed E-state index contributed by atoms with van der Waals surface area (Å²) < 4.78 is 0. The van der Waals surface area contributed by atoms with Gasteiger partial charge in [0.15, 0.2) is 0 Å². The van der Waals surface area contributed by atoms with Crippen LogP contribution >= 0.6 is 0 Å². The molecule has 1 rings (SSSR count). The molecular formula is C14H24N2O. The number of rotatable bonds is 8. The first-order chi connectivity index (χ1) is 8.27. The van der Waals surface area contributed by atoms with Crippen LogP contribution < -0.4 is 5.32 Å². The first kappa shape index (κ1) is 14.1. The summed E-state index contributed by atoms with van der Waals surface area (Å²) in [5.74, 6) is 0.420. The van der Waals surface area contributed by atoms with Crippen LogP contribution in [0, 0.1) is 5.92 Å². The molecule has 0 aliphatic heterocycles. The van der Waals surface area contributed by atoms with Crippen LogP contribution in [0.25, 0.3) is 0 Å². The molecule has 0 amide bonds. The maximum atomic E-state index is 9.93. The third-order valence-electron chi connectivity index (χ3n) is 3.29. The van der Waals surface area contributed by atoms with Gasteiger partial charge in [-0.05, 0) is 36.6 Å². The van der Waals surface area contributed by atoms with E-state index in [9.17, 15) is 5.11 Å². The van der Waals surface area contributed by atoms with E-state index in [0.717, 1.165) is 25.8 Å². The van der Waals surface area contributed by atoms with Crippen molar-refractivity contribution in [2.75, 3.05) is 13.1 Å². The lowest BCUT2D eigenvalue weighted by atomic mass is 9.96. The van der Waals surface area contributed by atoms with Crippen LogP contribution in [0.2, 0.25) is 0 Å². The normalized spacial score (nSPS) is 12.9. The van der Waals surface area contributed by atoms with E-state index in [0.29, 0.717) is 12.5 Å². The van der Waals surface area contributed by atoms with Gasteiger partial charge in [0.2, 0.25) is 0 Å². The zero-order valence-corrected chi connectivity index (χ0v) is 10.9. The average molecular weight is 236 g/mol. The van der Waals surface area contributed by atoms with Gasteiger partial charge in [-0.15, -0.1) is 0 Å². The molecule has 0 aromatic carbocycles. The minimum atomic E-state index is -0.220. The molecule has 1 unspecified atom stereocenters. The predicted molar refractivity (Wildman–Crippen MR) is 70.9 cm³/mol. The molecule has 0 saturated carbocycles. The summed E-state index contributed by atoms with van der Waals surface area (Å²) in [5.41, 5.74) is 1.28. The van der Waals surface area contributed by atoms with Crippen molar-refractivity contribution in [2.45, 2.75) is 39.2 Å². The van der Waals surface area contributed by atoms with E-state index in [2.05, 4.69) is 24.1 Å². The molecule has 96 valence electrons. The lowest BCUT2D eigenvalue weighted by Gasteiger charge is -2.20. The Labute approximate surface area is 104 Å². The Morgan fingerprint density at radius 1 is 1.24 bits per heavy atom. The Bertz CT molecular complexity index is 286. The van der Waals surface area contributed by atoms with Crippen molar-refractivity contribution in [1.29, 1.82) is 0 Å². The molecule has 0 radical (unpaired) electrons. The fraction of sp³-hybridized carbons (Fsp3) is 0.643. The molecule has 17 heavy (non-hydrogen) atoms. The summed E-state index contributed by atoms with van der Waals surface area (Å²) >= 11 is 0. The van der Waals surface area contributed by atoms with Crippen molar-refractivity contribution >= 4 is 0 Å².